The fourth-order valence-electron chi connectivity index (χ4n) is 3.65. The van der Waals surface area contributed by atoms with Crippen LogP contribution in [0.2, 0.25) is 5.02 Å². The molecule has 1 aliphatic carbocycles. The third-order valence-electron chi connectivity index (χ3n) is 5.67. The topological polar surface area (TPSA) is 41.5 Å². The Morgan fingerprint density at radius 3 is 2.68 bits per heavy atom. The fourth-order valence-corrected chi connectivity index (χ4v) is 3.82. The maximum atomic E-state index is 10.3. The Kier molecular flexibility index (Phi) is 7.60. The summed E-state index contributed by atoms with van der Waals surface area (Å²) in [6.07, 6.45) is 3.28. The van der Waals surface area contributed by atoms with Crippen molar-refractivity contribution < 1.29 is 9.84 Å². The van der Waals surface area contributed by atoms with Crippen LogP contribution in [0, 0.1) is 18.8 Å². The first kappa shape index (κ1) is 20.5. The van der Waals surface area contributed by atoms with Crippen molar-refractivity contribution in [2.24, 2.45) is 11.8 Å². The molecule has 0 aromatic heterocycles. The molecule has 0 saturated heterocycles. The van der Waals surface area contributed by atoms with Crippen LogP contribution in [-0.4, -0.2) is 30.4 Å². The Hall–Kier alpha value is -0.770. The summed E-state index contributed by atoms with van der Waals surface area (Å²) in [4.78, 5) is 0. The number of halogens is 1. The summed E-state index contributed by atoms with van der Waals surface area (Å²) in [6.45, 7) is 11.7. The molecule has 142 valence electrons. The first-order valence-corrected chi connectivity index (χ1v) is 10.0. The van der Waals surface area contributed by atoms with Crippen molar-refractivity contribution in [2.75, 3.05) is 13.2 Å². The Balaban J connectivity index is 1.87. The standard InChI is InChI=1S/C21H34ClNO2/c1-13(2)18-10-19(22)15(4)9-21(18)25-12-17(24)11-23-20-8-6-7-14(3)16(20)5/h9-10,13-14,16-17,20,23-24H,6-8,11-12H2,1-5H3/t14-,16-,17-,20+/m0/s1. The second kappa shape index (κ2) is 9.25. The highest BCUT2D eigenvalue weighted by molar-refractivity contribution is 6.31. The molecule has 1 saturated carbocycles. The minimum atomic E-state index is -0.513. The molecule has 2 N–H and O–H groups in total. The van der Waals surface area contributed by atoms with E-state index in [9.17, 15) is 5.11 Å². The Morgan fingerprint density at radius 2 is 2.00 bits per heavy atom. The molecule has 0 bridgehead atoms. The van der Waals surface area contributed by atoms with Gasteiger partial charge in [-0.3, -0.25) is 0 Å². The van der Waals surface area contributed by atoms with Gasteiger partial charge in [0.1, 0.15) is 18.5 Å². The second-order valence-corrected chi connectivity index (χ2v) is 8.45. The normalized spacial score (nSPS) is 25.2. The van der Waals surface area contributed by atoms with E-state index in [2.05, 4.69) is 33.0 Å². The highest BCUT2D eigenvalue weighted by atomic mass is 35.5. The molecule has 4 atom stereocenters. The first-order valence-electron chi connectivity index (χ1n) is 9.63. The van der Waals surface area contributed by atoms with Gasteiger partial charge in [-0.25, -0.2) is 0 Å². The number of aliphatic hydroxyl groups is 1. The van der Waals surface area contributed by atoms with Crippen LogP contribution in [-0.2, 0) is 0 Å². The van der Waals surface area contributed by atoms with E-state index in [-0.39, 0.29) is 0 Å². The zero-order chi connectivity index (χ0) is 18.6. The van der Waals surface area contributed by atoms with Crippen LogP contribution >= 0.6 is 11.6 Å². The van der Waals surface area contributed by atoms with Gasteiger partial charge in [0.25, 0.3) is 0 Å². The maximum absolute atomic E-state index is 10.3. The number of ether oxygens (including phenoxy) is 1. The van der Waals surface area contributed by atoms with Gasteiger partial charge in [0.05, 0.1) is 0 Å². The van der Waals surface area contributed by atoms with Gasteiger partial charge >= 0.3 is 0 Å². The molecular weight excluding hydrogens is 334 g/mol. The minimum absolute atomic E-state index is 0.296. The van der Waals surface area contributed by atoms with Crippen molar-refractivity contribution in [3.63, 3.8) is 0 Å². The van der Waals surface area contributed by atoms with Gasteiger partial charge in [-0.05, 0) is 54.4 Å². The van der Waals surface area contributed by atoms with Gasteiger partial charge in [0, 0.05) is 17.6 Å². The molecule has 4 heteroatoms. The lowest BCUT2D eigenvalue weighted by Gasteiger charge is -2.35. The van der Waals surface area contributed by atoms with Crippen LogP contribution in [0.5, 0.6) is 5.75 Å². The summed E-state index contributed by atoms with van der Waals surface area (Å²) in [5.41, 5.74) is 2.09. The summed E-state index contributed by atoms with van der Waals surface area (Å²) in [6, 6.07) is 4.46. The number of benzene rings is 1. The lowest BCUT2D eigenvalue weighted by molar-refractivity contribution is 0.0941. The molecule has 1 aromatic rings. The summed E-state index contributed by atoms with van der Waals surface area (Å²) in [7, 11) is 0. The van der Waals surface area contributed by atoms with Crippen molar-refractivity contribution in [3.05, 3.63) is 28.3 Å². The zero-order valence-electron chi connectivity index (χ0n) is 16.3. The quantitative estimate of drug-likeness (QED) is 0.718. The molecule has 1 fully saturated rings. The van der Waals surface area contributed by atoms with E-state index in [1.807, 2.05) is 19.1 Å². The molecule has 0 heterocycles. The third kappa shape index (κ3) is 5.60. The second-order valence-electron chi connectivity index (χ2n) is 8.04. The molecule has 0 aliphatic heterocycles. The predicted octanol–water partition coefficient (Wildman–Crippen LogP) is 4.93. The van der Waals surface area contributed by atoms with E-state index in [0.717, 1.165) is 27.8 Å². The summed E-state index contributed by atoms with van der Waals surface area (Å²) in [5.74, 6) is 2.57. The van der Waals surface area contributed by atoms with Gasteiger partial charge in [-0.15, -0.1) is 0 Å². The Bertz CT molecular complexity index is 561. The average Bonchev–Trinajstić information content (AvgIpc) is 2.56. The number of hydrogen-bond acceptors (Lipinski definition) is 3. The van der Waals surface area contributed by atoms with E-state index in [4.69, 9.17) is 16.3 Å². The summed E-state index contributed by atoms with van der Waals surface area (Å²) in [5, 5.41) is 14.6. The molecule has 1 aliphatic rings. The SMILES string of the molecule is Cc1cc(OC[C@@H](O)CN[C@@H]2CCC[C@H](C)[C@@H]2C)c(C(C)C)cc1Cl. The van der Waals surface area contributed by atoms with Crippen LogP contribution in [0.25, 0.3) is 0 Å². The monoisotopic (exact) mass is 367 g/mol. The van der Waals surface area contributed by atoms with Gasteiger partial charge in [0.15, 0.2) is 0 Å². The fraction of sp³-hybridized carbons (Fsp3) is 0.714. The third-order valence-corrected chi connectivity index (χ3v) is 6.07. The van der Waals surface area contributed by atoms with Crippen LogP contribution in [0.15, 0.2) is 12.1 Å². The van der Waals surface area contributed by atoms with E-state index >= 15 is 0 Å². The molecule has 0 unspecified atom stereocenters. The van der Waals surface area contributed by atoms with Crippen molar-refractivity contribution >= 4 is 11.6 Å². The van der Waals surface area contributed by atoms with Crippen molar-refractivity contribution in [1.29, 1.82) is 0 Å². The average molecular weight is 368 g/mol. The molecular formula is C21H34ClNO2. The van der Waals surface area contributed by atoms with Crippen molar-refractivity contribution in [1.82, 2.24) is 5.32 Å². The molecule has 3 nitrogen and oxygen atoms in total. The Labute approximate surface area is 158 Å². The van der Waals surface area contributed by atoms with Crippen LogP contribution in [0.3, 0.4) is 0 Å². The van der Waals surface area contributed by atoms with Gasteiger partial charge in [-0.1, -0.05) is 52.1 Å². The molecule has 1 aromatic carbocycles. The maximum Gasteiger partial charge on any atom is 0.123 e. The lowest BCUT2D eigenvalue weighted by atomic mass is 9.78. The van der Waals surface area contributed by atoms with E-state index in [1.54, 1.807) is 0 Å². The highest BCUT2D eigenvalue weighted by Crippen LogP contribution is 2.32. The van der Waals surface area contributed by atoms with E-state index in [1.165, 1.54) is 19.3 Å². The number of nitrogens with one attached hydrogen (secondary N) is 1. The molecule has 0 radical (unpaired) electrons. The van der Waals surface area contributed by atoms with E-state index < -0.39 is 6.10 Å². The van der Waals surface area contributed by atoms with Gasteiger partial charge in [-0.2, -0.15) is 0 Å². The molecule has 25 heavy (non-hydrogen) atoms. The number of rotatable bonds is 7. The smallest absolute Gasteiger partial charge is 0.123 e. The van der Waals surface area contributed by atoms with Crippen molar-refractivity contribution in [3.8, 4) is 5.75 Å². The van der Waals surface area contributed by atoms with Crippen LogP contribution in [0.4, 0.5) is 0 Å². The predicted molar refractivity (Wildman–Crippen MR) is 106 cm³/mol. The first-order chi connectivity index (χ1) is 11.8. The number of aryl methyl sites for hydroxylation is 1. The molecule has 0 spiro atoms. The van der Waals surface area contributed by atoms with E-state index in [0.29, 0.717) is 31.0 Å². The van der Waals surface area contributed by atoms with Crippen molar-refractivity contribution in [2.45, 2.75) is 71.9 Å². The Morgan fingerprint density at radius 1 is 1.28 bits per heavy atom. The molecule has 0 amide bonds. The molecule has 2 rings (SSSR count). The van der Waals surface area contributed by atoms with Crippen LogP contribution < -0.4 is 10.1 Å². The van der Waals surface area contributed by atoms with Crippen LogP contribution in [0.1, 0.15) is 64.0 Å². The van der Waals surface area contributed by atoms with Gasteiger partial charge in [0.2, 0.25) is 0 Å². The minimum Gasteiger partial charge on any atom is -0.491 e. The largest absolute Gasteiger partial charge is 0.491 e. The summed E-state index contributed by atoms with van der Waals surface area (Å²) < 4.78 is 5.94. The number of hydrogen-bond donors (Lipinski definition) is 2. The zero-order valence-corrected chi connectivity index (χ0v) is 17.1. The lowest BCUT2D eigenvalue weighted by Crippen LogP contribution is -2.44. The number of aliphatic hydroxyl groups excluding tert-OH is 1. The van der Waals surface area contributed by atoms with Gasteiger partial charge < -0.3 is 15.2 Å². The highest BCUT2D eigenvalue weighted by Gasteiger charge is 2.27. The summed E-state index contributed by atoms with van der Waals surface area (Å²) >= 11 is 6.24.